The molecular weight excluding hydrogens is 460 g/mol. The van der Waals surface area contributed by atoms with Gasteiger partial charge in [-0.15, -0.1) is 0 Å². The minimum atomic E-state index is -0.0898. The predicted molar refractivity (Wildman–Crippen MR) is 154 cm³/mol. The second kappa shape index (κ2) is 15.4. The van der Waals surface area contributed by atoms with E-state index in [-0.39, 0.29) is 11.8 Å². The van der Waals surface area contributed by atoms with E-state index in [4.69, 9.17) is 0 Å². The third-order valence-electron chi connectivity index (χ3n) is 7.36. The van der Waals surface area contributed by atoms with Gasteiger partial charge in [-0.3, -0.25) is 9.59 Å². The highest BCUT2D eigenvalue weighted by Crippen LogP contribution is 2.29. The number of amides is 2. The van der Waals surface area contributed by atoms with E-state index >= 15 is 0 Å². The average molecular weight is 507 g/mol. The van der Waals surface area contributed by atoms with Crippen LogP contribution in [0.15, 0.2) is 42.5 Å². The summed E-state index contributed by atoms with van der Waals surface area (Å²) in [5.41, 5.74) is 4.91. The first-order chi connectivity index (χ1) is 18.0. The highest BCUT2D eigenvalue weighted by atomic mass is 16.2. The first-order valence-corrected chi connectivity index (χ1v) is 14.3. The number of unbranched alkanes of at least 4 members (excludes halogenated alkanes) is 5. The smallest absolute Gasteiger partial charge is 0.253 e. The van der Waals surface area contributed by atoms with Crippen molar-refractivity contribution in [1.82, 2.24) is 10.2 Å². The van der Waals surface area contributed by atoms with Crippen LogP contribution in [0.3, 0.4) is 0 Å². The van der Waals surface area contributed by atoms with E-state index in [0.29, 0.717) is 24.2 Å². The molecule has 2 aromatic carbocycles. The van der Waals surface area contributed by atoms with Crippen LogP contribution in [-0.2, 0) is 17.8 Å². The lowest BCUT2D eigenvalue weighted by Gasteiger charge is -2.32. The van der Waals surface area contributed by atoms with E-state index in [1.54, 1.807) is 0 Å². The Morgan fingerprint density at radius 1 is 0.919 bits per heavy atom. The highest BCUT2D eigenvalue weighted by molar-refractivity contribution is 6.02. The van der Waals surface area contributed by atoms with Gasteiger partial charge >= 0.3 is 0 Å². The fourth-order valence-corrected chi connectivity index (χ4v) is 5.02. The van der Waals surface area contributed by atoms with Crippen LogP contribution in [0.25, 0.3) is 0 Å². The number of fused-ring (bicyclic) bond motifs is 1. The maximum Gasteiger partial charge on any atom is 0.253 e. The summed E-state index contributed by atoms with van der Waals surface area (Å²) in [6.07, 6.45) is 8.38. The third kappa shape index (κ3) is 8.89. The molecule has 6 heteroatoms. The first kappa shape index (κ1) is 28.7. The summed E-state index contributed by atoms with van der Waals surface area (Å²) in [7, 11) is 0. The molecule has 202 valence electrons. The van der Waals surface area contributed by atoms with Crippen LogP contribution in [0, 0.1) is 0 Å². The van der Waals surface area contributed by atoms with E-state index in [0.717, 1.165) is 57.7 Å². The summed E-state index contributed by atoms with van der Waals surface area (Å²) < 4.78 is 0. The van der Waals surface area contributed by atoms with Crippen molar-refractivity contribution in [3.63, 3.8) is 0 Å². The Morgan fingerprint density at radius 3 is 2.41 bits per heavy atom. The van der Waals surface area contributed by atoms with Crippen molar-refractivity contribution in [2.75, 3.05) is 42.9 Å². The second-order valence-corrected chi connectivity index (χ2v) is 10.0. The summed E-state index contributed by atoms with van der Waals surface area (Å²) in [6, 6.07) is 14.3. The van der Waals surface area contributed by atoms with Crippen LogP contribution in [-0.4, -0.2) is 49.4 Å². The largest absolute Gasteiger partial charge is 0.366 e. The van der Waals surface area contributed by atoms with Crippen LogP contribution >= 0.6 is 0 Å². The molecule has 2 aromatic rings. The molecule has 6 nitrogen and oxygen atoms in total. The van der Waals surface area contributed by atoms with Gasteiger partial charge in [0.25, 0.3) is 5.91 Å². The summed E-state index contributed by atoms with van der Waals surface area (Å²) in [6.45, 7) is 11.5. The lowest BCUT2D eigenvalue weighted by atomic mass is 9.98. The highest BCUT2D eigenvalue weighted by Gasteiger charge is 2.22. The van der Waals surface area contributed by atoms with Gasteiger partial charge in [-0.25, -0.2) is 0 Å². The maximum absolute atomic E-state index is 13.4. The molecule has 3 rings (SSSR count). The molecule has 2 N–H and O–H groups in total. The molecule has 0 bridgehead atoms. The number of nitrogens with zero attached hydrogens (tertiary/aromatic N) is 2. The number of carbonyl (C=O) groups is 2. The fourth-order valence-electron chi connectivity index (χ4n) is 5.02. The molecule has 0 atom stereocenters. The Hall–Kier alpha value is -2.86. The molecule has 1 aliphatic heterocycles. The molecule has 0 saturated heterocycles. The number of rotatable bonds is 15. The molecule has 37 heavy (non-hydrogen) atoms. The number of likely N-dealkylation sites (N-methyl/N-ethyl adjacent to an activating group) is 1. The van der Waals surface area contributed by atoms with Crippen LogP contribution in [0.1, 0.15) is 87.2 Å². The third-order valence-corrected chi connectivity index (χ3v) is 7.36. The fraction of sp³-hybridized carbons (Fsp3) is 0.548. The van der Waals surface area contributed by atoms with Crippen molar-refractivity contribution < 1.29 is 9.59 Å². The van der Waals surface area contributed by atoms with Gasteiger partial charge in [-0.1, -0.05) is 77.1 Å². The molecule has 0 fully saturated rings. The van der Waals surface area contributed by atoms with Gasteiger partial charge < -0.3 is 20.4 Å². The normalized spacial score (nSPS) is 12.9. The molecule has 0 radical (unpaired) electrons. The number of benzene rings is 2. The van der Waals surface area contributed by atoms with Crippen LogP contribution in [0.2, 0.25) is 0 Å². The molecule has 0 aromatic heterocycles. The van der Waals surface area contributed by atoms with Crippen molar-refractivity contribution in [3.8, 4) is 0 Å². The first-order valence-electron chi connectivity index (χ1n) is 14.3. The molecule has 2 amide bonds. The van der Waals surface area contributed by atoms with Crippen molar-refractivity contribution in [2.24, 2.45) is 0 Å². The topological polar surface area (TPSA) is 64.7 Å². The Kier molecular flexibility index (Phi) is 12.0. The lowest BCUT2D eigenvalue weighted by molar-refractivity contribution is -0.116. The quantitative estimate of drug-likeness (QED) is 0.290. The molecule has 0 aliphatic carbocycles. The Balaban J connectivity index is 1.70. The molecule has 1 aliphatic rings. The lowest BCUT2D eigenvalue weighted by Crippen LogP contribution is -2.36. The Morgan fingerprint density at radius 2 is 1.65 bits per heavy atom. The van der Waals surface area contributed by atoms with Gasteiger partial charge in [0.05, 0.1) is 5.56 Å². The van der Waals surface area contributed by atoms with Crippen molar-refractivity contribution >= 4 is 23.2 Å². The van der Waals surface area contributed by atoms with Gasteiger partial charge in [-0.05, 0) is 55.3 Å². The number of nitrogens with one attached hydrogen (secondary N) is 2. The van der Waals surface area contributed by atoms with Gasteiger partial charge in [0, 0.05) is 44.0 Å². The zero-order chi connectivity index (χ0) is 26.5. The van der Waals surface area contributed by atoms with Crippen molar-refractivity contribution in [3.05, 3.63) is 59.2 Å². The number of carbonyl (C=O) groups excluding carboxylic acids is 2. The zero-order valence-electron chi connectivity index (χ0n) is 23.2. The SMILES string of the molecule is CCCCCCCCC(=O)Nc1ccc(N2CCc3ccccc3C2)c(C(=O)NCCN(CC)CC)c1. The number of hydrogen-bond donors (Lipinski definition) is 2. The van der Waals surface area contributed by atoms with E-state index < -0.39 is 0 Å². The van der Waals surface area contributed by atoms with E-state index in [1.807, 2.05) is 18.2 Å². The Bertz CT molecular complexity index is 1000. The van der Waals surface area contributed by atoms with Gasteiger partial charge in [0.15, 0.2) is 0 Å². The molecule has 1 heterocycles. The van der Waals surface area contributed by atoms with Crippen molar-refractivity contribution in [2.45, 2.75) is 78.7 Å². The van der Waals surface area contributed by atoms with Crippen molar-refractivity contribution in [1.29, 1.82) is 0 Å². The van der Waals surface area contributed by atoms with Crippen LogP contribution < -0.4 is 15.5 Å². The van der Waals surface area contributed by atoms with E-state index in [2.05, 4.69) is 65.5 Å². The zero-order valence-corrected chi connectivity index (χ0v) is 23.2. The summed E-state index contributed by atoms with van der Waals surface area (Å²) in [5.74, 6) is -0.0731. The van der Waals surface area contributed by atoms with Gasteiger partial charge in [0.2, 0.25) is 5.91 Å². The monoisotopic (exact) mass is 506 g/mol. The van der Waals surface area contributed by atoms with Crippen LogP contribution in [0.5, 0.6) is 0 Å². The molecule has 0 unspecified atom stereocenters. The summed E-state index contributed by atoms with van der Waals surface area (Å²) >= 11 is 0. The average Bonchev–Trinajstić information content (AvgIpc) is 2.92. The van der Waals surface area contributed by atoms with Gasteiger partial charge in [0.1, 0.15) is 0 Å². The summed E-state index contributed by atoms with van der Waals surface area (Å²) in [4.78, 5) is 30.5. The van der Waals surface area contributed by atoms with E-state index in [1.165, 1.54) is 36.8 Å². The summed E-state index contributed by atoms with van der Waals surface area (Å²) in [5, 5.41) is 6.15. The maximum atomic E-state index is 13.4. The minimum Gasteiger partial charge on any atom is -0.366 e. The predicted octanol–water partition coefficient (Wildman–Crippen LogP) is 6.01. The molecule has 0 saturated carbocycles. The van der Waals surface area contributed by atoms with E-state index in [9.17, 15) is 9.59 Å². The number of hydrogen-bond acceptors (Lipinski definition) is 4. The molecular formula is C31H46N4O2. The second-order valence-electron chi connectivity index (χ2n) is 10.0. The van der Waals surface area contributed by atoms with Gasteiger partial charge in [-0.2, -0.15) is 0 Å². The number of anilines is 2. The minimum absolute atomic E-state index is 0.0167. The Labute approximate surface area is 223 Å². The molecule has 0 spiro atoms. The standard InChI is InChI=1S/C31H46N4O2/c1-4-7-8-9-10-11-16-30(36)33-27-17-18-29(35-21-19-25-14-12-13-15-26(25)24-35)28(23-27)31(37)32-20-22-34(5-2)6-3/h12-15,17-18,23H,4-11,16,19-22,24H2,1-3H3,(H,32,37)(H,33,36). The van der Waals surface area contributed by atoms with Crippen LogP contribution in [0.4, 0.5) is 11.4 Å².